The van der Waals surface area contributed by atoms with Crippen LogP contribution in [0.2, 0.25) is 0 Å². The Labute approximate surface area is 115 Å². The van der Waals surface area contributed by atoms with Gasteiger partial charge in [-0.1, -0.05) is 19.8 Å². The second kappa shape index (κ2) is 9.16. The third-order valence-electron chi connectivity index (χ3n) is 3.26. The summed E-state index contributed by atoms with van der Waals surface area (Å²) in [5, 5.41) is 5.31. The van der Waals surface area contributed by atoms with E-state index in [1.807, 2.05) is 0 Å². The number of carbonyl (C=O) groups is 2. The summed E-state index contributed by atoms with van der Waals surface area (Å²) in [6.45, 7) is 2.93. The minimum Gasteiger partial charge on any atom is -0.354 e. The van der Waals surface area contributed by atoms with Crippen LogP contribution in [0, 0.1) is 11.8 Å². The van der Waals surface area contributed by atoms with Gasteiger partial charge in [-0.15, -0.1) is 12.4 Å². The van der Waals surface area contributed by atoms with Crippen LogP contribution in [0.5, 0.6) is 0 Å². The van der Waals surface area contributed by atoms with Crippen molar-refractivity contribution in [1.29, 1.82) is 0 Å². The molecule has 5 nitrogen and oxygen atoms in total. The molecule has 0 aromatic heterocycles. The van der Waals surface area contributed by atoms with E-state index in [-0.39, 0.29) is 37.3 Å². The van der Waals surface area contributed by atoms with E-state index >= 15 is 0 Å². The molecule has 1 saturated carbocycles. The Morgan fingerprint density at radius 2 is 1.94 bits per heavy atom. The fraction of sp³-hybridized carbons (Fsp3) is 0.833. The van der Waals surface area contributed by atoms with Crippen LogP contribution in [-0.2, 0) is 9.59 Å². The van der Waals surface area contributed by atoms with Crippen molar-refractivity contribution < 1.29 is 9.59 Å². The summed E-state index contributed by atoms with van der Waals surface area (Å²) in [7, 11) is 0. The number of hydrogen-bond acceptors (Lipinski definition) is 3. The summed E-state index contributed by atoms with van der Waals surface area (Å²) in [5.74, 6) is 0.923. The first-order chi connectivity index (χ1) is 8.11. The van der Waals surface area contributed by atoms with Gasteiger partial charge < -0.3 is 16.4 Å². The number of nitrogens with one attached hydrogen (secondary N) is 2. The maximum Gasteiger partial charge on any atom is 0.239 e. The van der Waals surface area contributed by atoms with Gasteiger partial charge in [0.1, 0.15) is 0 Å². The molecule has 0 aliphatic heterocycles. The molecular formula is C12H24ClN3O2. The third-order valence-corrected chi connectivity index (χ3v) is 3.26. The molecule has 4 N–H and O–H groups in total. The zero-order chi connectivity index (χ0) is 12.7. The zero-order valence-electron chi connectivity index (χ0n) is 10.9. The fourth-order valence-corrected chi connectivity index (χ4v) is 2.32. The van der Waals surface area contributed by atoms with Gasteiger partial charge in [-0.25, -0.2) is 0 Å². The molecule has 1 rings (SSSR count). The van der Waals surface area contributed by atoms with Gasteiger partial charge in [0.05, 0.1) is 13.1 Å². The second-order valence-electron chi connectivity index (χ2n) is 4.92. The topological polar surface area (TPSA) is 84.2 Å². The third kappa shape index (κ3) is 6.81. The molecule has 2 amide bonds. The molecule has 18 heavy (non-hydrogen) atoms. The average Bonchev–Trinajstić information content (AvgIpc) is 2.33. The van der Waals surface area contributed by atoms with E-state index in [0.717, 1.165) is 12.5 Å². The average molecular weight is 278 g/mol. The van der Waals surface area contributed by atoms with Crippen molar-refractivity contribution in [3.63, 3.8) is 0 Å². The molecule has 106 valence electrons. The smallest absolute Gasteiger partial charge is 0.239 e. The van der Waals surface area contributed by atoms with Crippen molar-refractivity contribution in [2.45, 2.75) is 32.6 Å². The molecule has 1 aliphatic rings. The Morgan fingerprint density at radius 1 is 1.22 bits per heavy atom. The lowest BCUT2D eigenvalue weighted by molar-refractivity contribution is -0.125. The van der Waals surface area contributed by atoms with Gasteiger partial charge in [0.15, 0.2) is 0 Å². The largest absolute Gasteiger partial charge is 0.354 e. The standard InChI is InChI=1S/C12H23N3O2.ClH/c1-9-3-2-4-10(5-9)7-14-12(17)8-15-11(16)6-13;/h9-10H,2-8,13H2,1H3,(H,14,17)(H,15,16);1H. The van der Waals surface area contributed by atoms with Crippen molar-refractivity contribution in [3.05, 3.63) is 0 Å². The van der Waals surface area contributed by atoms with Crippen LogP contribution in [-0.4, -0.2) is 31.4 Å². The Morgan fingerprint density at radius 3 is 2.56 bits per heavy atom. The highest BCUT2D eigenvalue weighted by Gasteiger charge is 2.19. The van der Waals surface area contributed by atoms with E-state index in [2.05, 4.69) is 17.6 Å². The highest BCUT2D eigenvalue weighted by Crippen LogP contribution is 2.27. The van der Waals surface area contributed by atoms with Crippen LogP contribution < -0.4 is 16.4 Å². The lowest BCUT2D eigenvalue weighted by atomic mass is 9.82. The molecule has 0 aromatic carbocycles. The summed E-state index contributed by atoms with van der Waals surface area (Å²) in [4.78, 5) is 22.3. The van der Waals surface area contributed by atoms with Gasteiger partial charge in [-0.3, -0.25) is 9.59 Å². The van der Waals surface area contributed by atoms with E-state index in [1.54, 1.807) is 0 Å². The Hall–Kier alpha value is -0.810. The molecule has 0 radical (unpaired) electrons. The van der Waals surface area contributed by atoms with E-state index in [0.29, 0.717) is 5.92 Å². The van der Waals surface area contributed by atoms with Crippen LogP contribution in [0.4, 0.5) is 0 Å². The zero-order valence-corrected chi connectivity index (χ0v) is 11.7. The number of halogens is 1. The molecule has 1 fully saturated rings. The molecule has 2 atom stereocenters. The molecule has 1 aliphatic carbocycles. The van der Waals surface area contributed by atoms with Crippen molar-refractivity contribution in [2.75, 3.05) is 19.6 Å². The normalized spacial score (nSPS) is 22.8. The molecule has 2 unspecified atom stereocenters. The Balaban J connectivity index is 0.00000289. The minimum atomic E-state index is -0.300. The van der Waals surface area contributed by atoms with Crippen LogP contribution in [0.25, 0.3) is 0 Å². The number of hydrogen-bond donors (Lipinski definition) is 3. The summed E-state index contributed by atoms with van der Waals surface area (Å²) in [6.07, 6.45) is 4.94. The minimum absolute atomic E-state index is 0. The van der Waals surface area contributed by atoms with Gasteiger partial charge in [0.25, 0.3) is 0 Å². The summed E-state index contributed by atoms with van der Waals surface area (Å²) >= 11 is 0. The van der Waals surface area contributed by atoms with Gasteiger partial charge in [0.2, 0.25) is 11.8 Å². The highest BCUT2D eigenvalue weighted by molar-refractivity contribution is 5.85. The van der Waals surface area contributed by atoms with Crippen LogP contribution in [0.1, 0.15) is 32.6 Å². The van der Waals surface area contributed by atoms with Crippen molar-refractivity contribution in [1.82, 2.24) is 10.6 Å². The first-order valence-electron chi connectivity index (χ1n) is 6.35. The number of rotatable bonds is 5. The molecule has 0 saturated heterocycles. The van der Waals surface area contributed by atoms with Crippen molar-refractivity contribution in [3.8, 4) is 0 Å². The van der Waals surface area contributed by atoms with Gasteiger partial charge >= 0.3 is 0 Å². The fourth-order valence-electron chi connectivity index (χ4n) is 2.32. The molecule has 0 bridgehead atoms. The lowest BCUT2D eigenvalue weighted by Gasteiger charge is -2.26. The maximum absolute atomic E-state index is 11.4. The van der Waals surface area contributed by atoms with Crippen LogP contribution in [0.15, 0.2) is 0 Å². The van der Waals surface area contributed by atoms with Crippen LogP contribution >= 0.6 is 12.4 Å². The predicted molar refractivity (Wildman–Crippen MR) is 73.4 cm³/mol. The summed E-state index contributed by atoms with van der Waals surface area (Å²) < 4.78 is 0. The van der Waals surface area contributed by atoms with E-state index in [1.165, 1.54) is 25.7 Å². The second-order valence-corrected chi connectivity index (χ2v) is 4.92. The first-order valence-corrected chi connectivity index (χ1v) is 6.35. The maximum atomic E-state index is 11.4. The molecule has 0 aromatic rings. The van der Waals surface area contributed by atoms with Crippen molar-refractivity contribution in [2.24, 2.45) is 17.6 Å². The van der Waals surface area contributed by atoms with E-state index in [9.17, 15) is 9.59 Å². The summed E-state index contributed by atoms with van der Waals surface area (Å²) in [5.41, 5.74) is 5.12. The predicted octanol–water partition coefficient (Wildman–Crippen LogP) is 0.426. The highest BCUT2D eigenvalue weighted by atomic mass is 35.5. The molecule has 6 heteroatoms. The van der Waals surface area contributed by atoms with E-state index < -0.39 is 0 Å². The molecule has 0 spiro atoms. The first kappa shape index (κ1) is 17.2. The monoisotopic (exact) mass is 277 g/mol. The molecule has 0 heterocycles. The number of carbonyl (C=O) groups excluding carboxylic acids is 2. The number of amides is 2. The number of nitrogens with two attached hydrogens (primary N) is 1. The Bertz CT molecular complexity index is 274. The lowest BCUT2D eigenvalue weighted by Crippen LogP contribution is -2.41. The van der Waals surface area contributed by atoms with Gasteiger partial charge in [-0.05, 0) is 24.7 Å². The summed E-state index contributed by atoms with van der Waals surface area (Å²) in [6, 6.07) is 0. The van der Waals surface area contributed by atoms with Gasteiger partial charge in [0, 0.05) is 6.54 Å². The quantitative estimate of drug-likeness (QED) is 0.681. The Kier molecular flexibility index (Phi) is 8.75. The van der Waals surface area contributed by atoms with E-state index in [4.69, 9.17) is 5.73 Å². The van der Waals surface area contributed by atoms with Crippen molar-refractivity contribution >= 4 is 24.2 Å². The van der Waals surface area contributed by atoms with Crippen LogP contribution in [0.3, 0.4) is 0 Å². The molecular weight excluding hydrogens is 254 g/mol. The SMILES string of the molecule is CC1CCCC(CNC(=O)CNC(=O)CN)C1.Cl. The van der Waals surface area contributed by atoms with Gasteiger partial charge in [-0.2, -0.15) is 0 Å².